The van der Waals surface area contributed by atoms with Crippen LogP contribution in [0.2, 0.25) is 0 Å². The minimum atomic E-state index is -0.779. The Kier molecular flexibility index (Phi) is 5.62. The summed E-state index contributed by atoms with van der Waals surface area (Å²) in [7, 11) is 0. The van der Waals surface area contributed by atoms with Crippen molar-refractivity contribution in [1.29, 1.82) is 0 Å². The summed E-state index contributed by atoms with van der Waals surface area (Å²) in [6.45, 7) is 0. The first-order chi connectivity index (χ1) is 9.18. The summed E-state index contributed by atoms with van der Waals surface area (Å²) in [6, 6.07) is 4.34. The minimum absolute atomic E-state index is 0.0885. The molecule has 1 aromatic carbocycles. The summed E-state index contributed by atoms with van der Waals surface area (Å²) < 4.78 is 26.8. The molecule has 1 fully saturated rings. The molecule has 0 radical (unpaired) electrons. The number of hydrogen-bond acceptors (Lipinski definition) is 0. The van der Waals surface area contributed by atoms with Crippen LogP contribution in [0, 0.1) is 17.6 Å². The molecule has 0 amide bonds. The van der Waals surface area contributed by atoms with E-state index in [0.717, 1.165) is 18.9 Å². The molecule has 1 aliphatic rings. The summed E-state index contributed by atoms with van der Waals surface area (Å²) in [4.78, 5) is 0. The van der Waals surface area contributed by atoms with Crippen LogP contribution in [-0.2, 0) is 6.42 Å². The Morgan fingerprint density at radius 3 is 2.37 bits per heavy atom. The zero-order valence-corrected chi connectivity index (χ0v) is 11.9. The van der Waals surface area contributed by atoms with Crippen molar-refractivity contribution in [2.24, 2.45) is 5.92 Å². The second-order valence-electron chi connectivity index (χ2n) is 5.54. The average molecular weight is 287 g/mol. The first kappa shape index (κ1) is 14.8. The van der Waals surface area contributed by atoms with Gasteiger partial charge in [0.1, 0.15) is 0 Å². The fourth-order valence-electron chi connectivity index (χ4n) is 2.93. The van der Waals surface area contributed by atoms with Crippen LogP contribution < -0.4 is 0 Å². The molecule has 1 aromatic rings. The maximum absolute atomic E-state index is 13.6. The molecule has 1 aliphatic carbocycles. The fraction of sp³-hybridized carbons (Fsp3) is 0.625. The summed E-state index contributed by atoms with van der Waals surface area (Å²) in [5, 5.41) is -0.0885. The van der Waals surface area contributed by atoms with E-state index in [1.165, 1.54) is 32.1 Å². The lowest BCUT2D eigenvalue weighted by Gasteiger charge is -2.24. The standard InChI is InChI=1S/C16H21ClF2/c17-14(12-7-4-2-1-3-5-8-12)11-13-9-6-10-15(18)16(13)19/h6,9-10,12,14H,1-5,7-8,11H2. The molecule has 19 heavy (non-hydrogen) atoms. The zero-order chi connectivity index (χ0) is 13.7. The van der Waals surface area contributed by atoms with Crippen LogP contribution in [-0.4, -0.2) is 5.38 Å². The van der Waals surface area contributed by atoms with Crippen LogP contribution in [0.4, 0.5) is 8.78 Å². The second kappa shape index (κ2) is 7.23. The van der Waals surface area contributed by atoms with Gasteiger partial charge in [-0.2, -0.15) is 0 Å². The van der Waals surface area contributed by atoms with Gasteiger partial charge in [-0.15, -0.1) is 11.6 Å². The van der Waals surface area contributed by atoms with Gasteiger partial charge in [0.2, 0.25) is 0 Å². The van der Waals surface area contributed by atoms with Crippen LogP contribution in [0.15, 0.2) is 18.2 Å². The maximum atomic E-state index is 13.6. The van der Waals surface area contributed by atoms with Crippen LogP contribution in [0.5, 0.6) is 0 Å². The third-order valence-electron chi connectivity index (χ3n) is 4.11. The third kappa shape index (κ3) is 4.17. The van der Waals surface area contributed by atoms with E-state index < -0.39 is 11.6 Å². The summed E-state index contributed by atoms with van der Waals surface area (Å²) in [6.07, 6.45) is 8.94. The van der Waals surface area contributed by atoms with Gasteiger partial charge < -0.3 is 0 Å². The smallest absolute Gasteiger partial charge is 0.162 e. The van der Waals surface area contributed by atoms with Crippen LogP contribution in [0.1, 0.15) is 50.5 Å². The van der Waals surface area contributed by atoms with E-state index in [4.69, 9.17) is 11.6 Å². The Labute approximate surface area is 119 Å². The highest BCUT2D eigenvalue weighted by atomic mass is 35.5. The number of halogens is 3. The normalized spacial score (nSPS) is 19.7. The Balaban J connectivity index is 1.98. The molecule has 3 heteroatoms. The molecule has 0 aromatic heterocycles. The second-order valence-corrected chi connectivity index (χ2v) is 6.10. The Bertz CT molecular complexity index is 398. The molecule has 0 heterocycles. The molecule has 0 nitrogen and oxygen atoms in total. The first-order valence-corrected chi connectivity index (χ1v) is 7.69. The van der Waals surface area contributed by atoms with Crippen molar-refractivity contribution in [3.8, 4) is 0 Å². The van der Waals surface area contributed by atoms with Crippen LogP contribution in [0.25, 0.3) is 0 Å². The van der Waals surface area contributed by atoms with Gasteiger partial charge in [0.15, 0.2) is 11.6 Å². The Hall–Kier alpha value is -0.630. The van der Waals surface area contributed by atoms with E-state index in [0.29, 0.717) is 17.9 Å². The van der Waals surface area contributed by atoms with Crippen LogP contribution >= 0.6 is 11.6 Å². The van der Waals surface area contributed by atoms with Gasteiger partial charge in [0.05, 0.1) is 0 Å². The van der Waals surface area contributed by atoms with Gasteiger partial charge in [-0.25, -0.2) is 8.78 Å². The molecule has 106 valence electrons. The van der Waals surface area contributed by atoms with Crippen molar-refractivity contribution in [2.75, 3.05) is 0 Å². The van der Waals surface area contributed by atoms with E-state index in [2.05, 4.69) is 0 Å². The third-order valence-corrected chi connectivity index (χ3v) is 4.62. The van der Waals surface area contributed by atoms with E-state index in [1.807, 2.05) is 0 Å². The molecule has 0 bridgehead atoms. The average Bonchev–Trinajstić information content (AvgIpc) is 2.34. The van der Waals surface area contributed by atoms with Crippen molar-refractivity contribution in [1.82, 2.24) is 0 Å². The molecule has 0 aliphatic heterocycles. The van der Waals surface area contributed by atoms with Gasteiger partial charge in [0.25, 0.3) is 0 Å². The minimum Gasteiger partial charge on any atom is -0.204 e. The molecule has 1 saturated carbocycles. The SMILES string of the molecule is Fc1cccc(CC(Cl)C2CCCCCCC2)c1F. The molecule has 0 saturated heterocycles. The lowest BCUT2D eigenvalue weighted by atomic mass is 9.86. The molecule has 2 rings (SSSR count). The Morgan fingerprint density at radius 1 is 1.05 bits per heavy atom. The van der Waals surface area contributed by atoms with E-state index in [9.17, 15) is 8.78 Å². The van der Waals surface area contributed by atoms with Gasteiger partial charge in [0, 0.05) is 5.38 Å². The van der Waals surface area contributed by atoms with E-state index in [-0.39, 0.29) is 5.38 Å². The quantitative estimate of drug-likeness (QED) is 0.646. The predicted molar refractivity (Wildman–Crippen MR) is 75.5 cm³/mol. The van der Waals surface area contributed by atoms with Gasteiger partial charge >= 0.3 is 0 Å². The lowest BCUT2D eigenvalue weighted by Crippen LogP contribution is -2.19. The van der Waals surface area contributed by atoms with Crippen molar-refractivity contribution >= 4 is 11.6 Å². The molecular formula is C16H21ClF2. The van der Waals surface area contributed by atoms with E-state index >= 15 is 0 Å². The molecular weight excluding hydrogens is 266 g/mol. The van der Waals surface area contributed by atoms with Gasteiger partial charge in [-0.1, -0.05) is 44.2 Å². The number of rotatable bonds is 3. The topological polar surface area (TPSA) is 0 Å². The Morgan fingerprint density at radius 2 is 1.68 bits per heavy atom. The maximum Gasteiger partial charge on any atom is 0.162 e. The summed E-state index contributed by atoms with van der Waals surface area (Å²) in [5.74, 6) is -1.08. The number of hydrogen-bond donors (Lipinski definition) is 0. The predicted octanol–water partition coefficient (Wildman–Crippen LogP) is 5.48. The molecule has 1 atom stereocenters. The van der Waals surface area contributed by atoms with Crippen molar-refractivity contribution < 1.29 is 8.78 Å². The highest BCUT2D eigenvalue weighted by Crippen LogP contribution is 2.30. The highest BCUT2D eigenvalue weighted by Gasteiger charge is 2.22. The molecule has 0 N–H and O–H groups in total. The summed E-state index contributed by atoms with van der Waals surface area (Å²) >= 11 is 6.46. The molecule has 0 spiro atoms. The first-order valence-electron chi connectivity index (χ1n) is 7.25. The van der Waals surface area contributed by atoms with Gasteiger partial charge in [-0.3, -0.25) is 0 Å². The monoisotopic (exact) mass is 286 g/mol. The van der Waals surface area contributed by atoms with Crippen molar-refractivity contribution in [3.63, 3.8) is 0 Å². The molecule has 1 unspecified atom stereocenters. The van der Waals surface area contributed by atoms with E-state index in [1.54, 1.807) is 12.1 Å². The number of alkyl halides is 1. The number of benzene rings is 1. The highest BCUT2D eigenvalue weighted by molar-refractivity contribution is 6.20. The zero-order valence-electron chi connectivity index (χ0n) is 11.2. The summed E-state index contributed by atoms with van der Waals surface area (Å²) in [5.41, 5.74) is 0.405. The van der Waals surface area contributed by atoms with Crippen molar-refractivity contribution in [2.45, 2.75) is 56.7 Å². The lowest BCUT2D eigenvalue weighted by molar-refractivity contribution is 0.361. The largest absolute Gasteiger partial charge is 0.204 e. The van der Waals surface area contributed by atoms with Crippen LogP contribution in [0.3, 0.4) is 0 Å². The van der Waals surface area contributed by atoms with Gasteiger partial charge in [-0.05, 0) is 36.8 Å². The fourth-order valence-corrected chi connectivity index (χ4v) is 3.35. The van der Waals surface area contributed by atoms with Crippen molar-refractivity contribution in [3.05, 3.63) is 35.4 Å².